The number of aliphatic carboxylic acids is 1. The number of halogens is 1. The number of hydrogen-bond donors (Lipinski definition) is 2. The van der Waals surface area contributed by atoms with Crippen LogP contribution in [0.15, 0.2) is 66.9 Å². The minimum absolute atomic E-state index is 0.341. The number of likely N-dealkylation sites (tertiary alicyclic amines) is 1. The number of carboxylic acid groups (broad SMARTS) is 1. The standard InChI is InChI=1S/C23H20ClN3O3/c24-21-17(16-5-2-1-3-6-16)7-4-8-18(21)22(28)26-20-10-9-15(13-25-20)14-27-12-11-19(27)23(29)30/h1-10,13,19H,11-12,14H2,(H,29,30)(H,25,26,28). The number of anilines is 1. The van der Waals surface area contributed by atoms with Crippen molar-refractivity contribution in [1.82, 2.24) is 9.88 Å². The van der Waals surface area contributed by atoms with Crippen LogP contribution in [-0.4, -0.2) is 39.5 Å². The minimum atomic E-state index is -0.798. The predicted octanol–water partition coefficient (Wildman–Crippen LogP) is 4.31. The molecule has 30 heavy (non-hydrogen) atoms. The van der Waals surface area contributed by atoms with Gasteiger partial charge in [-0.15, -0.1) is 0 Å². The number of carbonyl (C=O) groups excluding carboxylic acids is 1. The van der Waals surface area contributed by atoms with E-state index in [1.165, 1.54) is 0 Å². The molecule has 3 aromatic rings. The summed E-state index contributed by atoms with van der Waals surface area (Å²) in [5.74, 6) is -0.734. The van der Waals surface area contributed by atoms with Gasteiger partial charge >= 0.3 is 5.97 Å². The van der Waals surface area contributed by atoms with Crippen molar-refractivity contribution < 1.29 is 14.7 Å². The summed E-state index contributed by atoms with van der Waals surface area (Å²) in [6.07, 6.45) is 2.31. The number of carbonyl (C=O) groups is 2. The highest BCUT2D eigenvalue weighted by atomic mass is 35.5. The van der Waals surface area contributed by atoms with Crippen molar-refractivity contribution in [1.29, 1.82) is 0 Å². The predicted molar refractivity (Wildman–Crippen MR) is 116 cm³/mol. The normalized spacial score (nSPS) is 16.0. The summed E-state index contributed by atoms with van der Waals surface area (Å²) in [4.78, 5) is 30.0. The zero-order chi connectivity index (χ0) is 21.1. The monoisotopic (exact) mass is 421 g/mol. The summed E-state index contributed by atoms with van der Waals surface area (Å²) in [7, 11) is 0. The highest BCUT2D eigenvalue weighted by molar-refractivity contribution is 6.37. The van der Waals surface area contributed by atoms with Gasteiger partial charge in [-0.1, -0.05) is 60.1 Å². The fraction of sp³-hybridized carbons (Fsp3) is 0.174. The van der Waals surface area contributed by atoms with E-state index in [0.717, 1.165) is 23.2 Å². The van der Waals surface area contributed by atoms with E-state index in [1.54, 1.807) is 24.4 Å². The first kappa shape index (κ1) is 20.1. The molecular formula is C23H20ClN3O3. The molecule has 2 N–H and O–H groups in total. The Morgan fingerprint density at radius 2 is 1.90 bits per heavy atom. The van der Waals surface area contributed by atoms with Gasteiger partial charge in [0, 0.05) is 24.8 Å². The van der Waals surface area contributed by atoms with Crippen LogP contribution in [-0.2, 0) is 11.3 Å². The molecule has 7 heteroatoms. The molecule has 1 amide bonds. The number of aromatic nitrogens is 1. The number of nitrogens with zero attached hydrogens (tertiary/aromatic N) is 2. The third-order valence-electron chi connectivity index (χ3n) is 5.20. The van der Waals surface area contributed by atoms with Crippen LogP contribution in [0.3, 0.4) is 0 Å². The number of amides is 1. The first-order valence-electron chi connectivity index (χ1n) is 9.60. The Morgan fingerprint density at radius 3 is 2.53 bits per heavy atom. The van der Waals surface area contributed by atoms with Crippen LogP contribution >= 0.6 is 11.6 Å². The smallest absolute Gasteiger partial charge is 0.320 e. The second-order valence-corrected chi connectivity index (χ2v) is 7.53. The third kappa shape index (κ3) is 4.20. The molecule has 152 valence electrons. The van der Waals surface area contributed by atoms with Gasteiger partial charge in [0.1, 0.15) is 11.9 Å². The second kappa shape index (κ2) is 8.65. The Labute approximate surface area is 179 Å². The van der Waals surface area contributed by atoms with Gasteiger partial charge in [-0.3, -0.25) is 14.5 Å². The molecule has 2 heterocycles. The Hall–Kier alpha value is -3.22. The minimum Gasteiger partial charge on any atom is -0.480 e. The average Bonchev–Trinajstić information content (AvgIpc) is 2.72. The van der Waals surface area contributed by atoms with Crippen molar-refractivity contribution in [2.24, 2.45) is 0 Å². The molecular weight excluding hydrogens is 402 g/mol. The first-order valence-corrected chi connectivity index (χ1v) is 9.98. The Morgan fingerprint density at radius 1 is 1.10 bits per heavy atom. The van der Waals surface area contributed by atoms with Crippen LogP contribution in [0, 0.1) is 0 Å². The van der Waals surface area contributed by atoms with Gasteiger partial charge in [-0.05, 0) is 29.7 Å². The lowest BCUT2D eigenvalue weighted by atomic mass is 10.0. The van der Waals surface area contributed by atoms with Gasteiger partial charge in [0.25, 0.3) is 5.91 Å². The van der Waals surface area contributed by atoms with Crippen LogP contribution in [0.4, 0.5) is 5.82 Å². The average molecular weight is 422 g/mol. The van der Waals surface area contributed by atoms with Crippen molar-refractivity contribution in [2.45, 2.75) is 19.0 Å². The van der Waals surface area contributed by atoms with E-state index in [0.29, 0.717) is 29.4 Å². The second-order valence-electron chi connectivity index (χ2n) is 7.15. The van der Waals surface area contributed by atoms with Gasteiger partial charge in [-0.25, -0.2) is 4.98 Å². The molecule has 6 nitrogen and oxygen atoms in total. The molecule has 1 aliphatic heterocycles. The maximum absolute atomic E-state index is 12.7. The lowest BCUT2D eigenvalue weighted by Gasteiger charge is -2.37. The van der Waals surface area contributed by atoms with Gasteiger partial charge in [0.15, 0.2) is 0 Å². The Bertz CT molecular complexity index is 1070. The summed E-state index contributed by atoms with van der Waals surface area (Å²) < 4.78 is 0. The molecule has 0 spiro atoms. The molecule has 0 bridgehead atoms. The van der Waals surface area contributed by atoms with Crippen molar-refractivity contribution in [3.63, 3.8) is 0 Å². The molecule has 0 radical (unpaired) electrons. The number of benzene rings is 2. The molecule has 1 fully saturated rings. The Balaban J connectivity index is 1.45. The molecule has 1 unspecified atom stereocenters. The quantitative estimate of drug-likeness (QED) is 0.619. The summed E-state index contributed by atoms with van der Waals surface area (Å²) in [5, 5.41) is 12.3. The third-order valence-corrected chi connectivity index (χ3v) is 5.60. The maximum Gasteiger partial charge on any atom is 0.320 e. The summed E-state index contributed by atoms with van der Waals surface area (Å²) in [6, 6.07) is 18.1. The van der Waals surface area contributed by atoms with Crippen molar-refractivity contribution in [2.75, 3.05) is 11.9 Å². The van der Waals surface area contributed by atoms with Crippen LogP contribution in [0.5, 0.6) is 0 Å². The van der Waals surface area contributed by atoms with Gasteiger partial charge in [0.2, 0.25) is 0 Å². The van der Waals surface area contributed by atoms with E-state index in [-0.39, 0.29) is 5.91 Å². The molecule has 1 atom stereocenters. The van der Waals surface area contributed by atoms with E-state index < -0.39 is 12.0 Å². The summed E-state index contributed by atoms with van der Waals surface area (Å²) >= 11 is 6.51. The Kier molecular flexibility index (Phi) is 5.79. The van der Waals surface area contributed by atoms with E-state index in [4.69, 9.17) is 16.7 Å². The van der Waals surface area contributed by atoms with Crippen molar-refractivity contribution in [3.8, 4) is 11.1 Å². The number of carboxylic acids is 1. The molecule has 1 aromatic heterocycles. The van der Waals surface area contributed by atoms with Gasteiger partial charge in [0.05, 0.1) is 10.6 Å². The molecule has 0 saturated carbocycles. The van der Waals surface area contributed by atoms with Crippen LogP contribution in [0.1, 0.15) is 22.3 Å². The van der Waals surface area contributed by atoms with E-state index in [2.05, 4.69) is 10.3 Å². The maximum atomic E-state index is 12.7. The molecule has 1 saturated heterocycles. The summed E-state index contributed by atoms with van der Waals surface area (Å²) in [6.45, 7) is 1.27. The molecule has 4 rings (SSSR count). The number of pyridine rings is 1. The van der Waals surface area contributed by atoms with Crippen molar-refractivity contribution in [3.05, 3.63) is 83.0 Å². The zero-order valence-electron chi connectivity index (χ0n) is 16.1. The topological polar surface area (TPSA) is 82.5 Å². The summed E-state index contributed by atoms with van der Waals surface area (Å²) in [5.41, 5.74) is 2.98. The zero-order valence-corrected chi connectivity index (χ0v) is 16.8. The van der Waals surface area contributed by atoms with E-state index >= 15 is 0 Å². The fourth-order valence-electron chi connectivity index (χ4n) is 3.47. The van der Waals surface area contributed by atoms with Crippen molar-refractivity contribution >= 4 is 29.3 Å². The van der Waals surface area contributed by atoms with Gasteiger partial charge in [-0.2, -0.15) is 0 Å². The van der Waals surface area contributed by atoms with Crippen LogP contribution in [0.2, 0.25) is 5.02 Å². The molecule has 1 aliphatic rings. The van der Waals surface area contributed by atoms with E-state index in [1.807, 2.05) is 47.4 Å². The highest BCUT2D eigenvalue weighted by Gasteiger charge is 2.33. The lowest BCUT2D eigenvalue weighted by Crippen LogP contribution is -2.51. The van der Waals surface area contributed by atoms with Gasteiger partial charge < -0.3 is 10.4 Å². The van der Waals surface area contributed by atoms with E-state index in [9.17, 15) is 9.59 Å². The van der Waals surface area contributed by atoms with Crippen LogP contribution < -0.4 is 5.32 Å². The lowest BCUT2D eigenvalue weighted by molar-refractivity contribution is -0.148. The highest BCUT2D eigenvalue weighted by Crippen LogP contribution is 2.31. The number of nitrogens with one attached hydrogen (secondary N) is 1. The molecule has 0 aliphatic carbocycles. The largest absolute Gasteiger partial charge is 0.480 e. The number of rotatable bonds is 6. The fourth-order valence-corrected chi connectivity index (χ4v) is 3.79. The molecule has 2 aromatic carbocycles. The number of hydrogen-bond acceptors (Lipinski definition) is 4. The SMILES string of the molecule is O=C(Nc1ccc(CN2CCC2C(=O)O)cn1)c1cccc(-c2ccccc2)c1Cl. The van der Waals surface area contributed by atoms with Crippen LogP contribution in [0.25, 0.3) is 11.1 Å². The first-order chi connectivity index (χ1) is 14.5.